The minimum Gasteiger partial charge on any atom is -0.507 e. The Morgan fingerprint density at radius 1 is 1.29 bits per heavy atom. The minimum absolute atomic E-state index is 0.0417. The van der Waals surface area contributed by atoms with Crippen molar-refractivity contribution in [3.63, 3.8) is 0 Å². The Labute approximate surface area is 162 Å². The molecule has 1 aliphatic heterocycles. The van der Waals surface area contributed by atoms with Crippen molar-refractivity contribution in [3.05, 3.63) is 83.2 Å². The average molecular weight is 382 g/mol. The molecular formula is C21H23FN4O2. The molecule has 7 N–H and O–H groups in total. The van der Waals surface area contributed by atoms with E-state index >= 15 is 0 Å². The molecule has 0 bridgehead atoms. The molecule has 0 amide bonds. The van der Waals surface area contributed by atoms with Gasteiger partial charge >= 0.3 is 0 Å². The van der Waals surface area contributed by atoms with Crippen molar-refractivity contribution < 1.29 is 14.2 Å². The Morgan fingerprint density at radius 2 is 2.04 bits per heavy atom. The maximum Gasteiger partial charge on any atom is 0.191 e. The lowest BCUT2D eigenvalue weighted by Gasteiger charge is -2.28. The summed E-state index contributed by atoms with van der Waals surface area (Å²) in [6.45, 7) is 0. The molecule has 7 heteroatoms. The Bertz CT molecular complexity index is 924. The monoisotopic (exact) mass is 382 g/mol. The zero-order valence-corrected chi connectivity index (χ0v) is 15.3. The van der Waals surface area contributed by atoms with Crippen LogP contribution in [0, 0.1) is 5.41 Å². The quantitative estimate of drug-likeness (QED) is 0.294. The number of rotatable bonds is 6. The number of halogens is 1. The van der Waals surface area contributed by atoms with Gasteiger partial charge in [-0.05, 0) is 55.2 Å². The molecule has 0 radical (unpaired) electrons. The fourth-order valence-electron chi connectivity index (χ4n) is 2.74. The molecule has 0 unspecified atom stereocenters. The van der Waals surface area contributed by atoms with E-state index in [0.717, 1.165) is 19.3 Å². The van der Waals surface area contributed by atoms with Crippen LogP contribution in [0.15, 0.2) is 77.6 Å². The van der Waals surface area contributed by atoms with Crippen molar-refractivity contribution in [2.24, 2.45) is 11.5 Å². The number of nitrogens with one attached hydrogen (secondary N) is 2. The second kappa shape index (κ2) is 8.47. The number of benzene rings is 1. The zero-order valence-electron chi connectivity index (χ0n) is 15.3. The van der Waals surface area contributed by atoms with Crippen LogP contribution < -0.4 is 16.8 Å². The summed E-state index contributed by atoms with van der Waals surface area (Å²) in [6, 6.07) is 6.41. The van der Waals surface area contributed by atoms with E-state index in [4.69, 9.17) is 21.6 Å². The van der Waals surface area contributed by atoms with Crippen LogP contribution in [-0.4, -0.2) is 17.0 Å². The SMILES string of the molecule is N=C(N)C(/C=C(\N)c1ccccc1O)=C(F)\C=C1/C=CNC(OC2CCC2)=C1. The van der Waals surface area contributed by atoms with Crippen molar-refractivity contribution >= 4 is 11.5 Å². The third-order valence-corrected chi connectivity index (χ3v) is 4.50. The van der Waals surface area contributed by atoms with Gasteiger partial charge in [0.1, 0.15) is 23.5 Å². The van der Waals surface area contributed by atoms with Crippen LogP contribution >= 0.6 is 0 Å². The highest BCUT2D eigenvalue weighted by molar-refractivity contribution is 6.00. The number of phenols is 1. The largest absolute Gasteiger partial charge is 0.507 e. The van der Waals surface area contributed by atoms with Crippen LogP contribution in [0.4, 0.5) is 4.39 Å². The average Bonchev–Trinajstić information content (AvgIpc) is 2.63. The van der Waals surface area contributed by atoms with Gasteiger partial charge < -0.3 is 26.6 Å². The number of nitrogens with two attached hydrogens (primary N) is 2. The fraction of sp³-hybridized carbons (Fsp3) is 0.190. The summed E-state index contributed by atoms with van der Waals surface area (Å²) in [5, 5.41) is 20.6. The van der Waals surface area contributed by atoms with Crippen molar-refractivity contribution in [2.75, 3.05) is 0 Å². The van der Waals surface area contributed by atoms with E-state index in [-0.39, 0.29) is 23.1 Å². The molecule has 28 heavy (non-hydrogen) atoms. The number of aromatic hydroxyl groups is 1. The number of para-hydroxylation sites is 1. The Morgan fingerprint density at radius 3 is 2.68 bits per heavy atom. The van der Waals surface area contributed by atoms with Crippen LogP contribution in [0.2, 0.25) is 0 Å². The highest BCUT2D eigenvalue weighted by Crippen LogP contribution is 2.26. The predicted octanol–water partition coefficient (Wildman–Crippen LogP) is 3.31. The predicted molar refractivity (Wildman–Crippen MR) is 107 cm³/mol. The number of allylic oxidation sites excluding steroid dienone is 5. The van der Waals surface area contributed by atoms with Gasteiger partial charge in [-0.2, -0.15) is 0 Å². The van der Waals surface area contributed by atoms with Gasteiger partial charge in [-0.15, -0.1) is 0 Å². The smallest absolute Gasteiger partial charge is 0.191 e. The first-order valence-corrected chi connectivity index (χ1v) is 8.97. The van der Waals surface area contributed by atoms with Gasteiger partial charge in [-0.1, -0.05) is 12.1 Å². The molecule has 1 aromatic carbocycles. The maximum absolute atomic E-state index is 14.8. The first-order valence-electron chi connectivity index (χ1n) is 8.97. The Balaban J connectivity index is 1.89. The molecule has 0 saturated heterocycles. The van der Waals surface area contributed by atoms with E-state index in [1.807, 2.05) is 0 Å². The van der Waals surface area contributed by atoms with Gasteiger partial charge in [0, 0.05) is 23.5 Å². The van der Waals surface area contributed by atoms with Crippen LogP contribution in [0.1, 0.15) is 24.8 Å². The molecular weight excluding hydrogens is 359 g/mol. The lowest BCUT2D eigenvalue weighted by Crippen LogP contribution is -2.25. The molecule has 146 valence electrons. The molecule has 1 saturated carbocycles. The summed E-state index contributed by atoms with van der Waals surface area (Å²) in [5.41, 5.74) is 12.3. The molecule has 0 spiro atoms. The molecule has 0 atom stereocenters. The van der Waals surface area contributed by atoms with E-state index in [1.54, 1.807) is 36.6 Å². The highest BCUT2D eigenvalue weighted by Gasteiger charge is 2.20. The van der Waals surface area contributed by atoms with Gasteiger partial charge in [0.15, 0.2) is 5.88 Å². The lowest BCUT2D eigenvalue weighted by molar-refractivity contribution is 0.0445. The Hall–Kier alpha value is -3.48. The summed E-state index contributed by atoms with van der Waals surface area (Å²) >= 11 is 0. The number of hydrogen-bond donors (Lipinski definition) is 5. The lowest BCUT2D eigenvalue weighted by atomic mass is 9.96. The molecule has 6 nitrogen and oxygen atoms in total. The molecule has 1 aromatic rings. The number of amidine groups is 1. The van der Waals surface area contributed by atoms with Gasteiger partial charge in [-0.3, -0.25) is 5.41 Å². The second-order valence-corrected chi connectivity index (χ2v) is 6.59. The number of phenolic OH excluding ortho intramolecular Hbond substituents is 1. The summed E-state index contributed by atoms with van der Waals surface area (Å²) in [4.78, 5) is 0. The van der Waals surface area contributed by atoms with Crippen LogP contribution in [-0.2, 0) is 4.74 Å². The first kappa shape index (κ1) is 19.3. The highest BCUT2D eigenvalue weighted by atomic mass is 19.1. The zero-order chi connectivity index (χ0) is 20.1. The van der Waals surface area contributed by atoms with E-state index in [1.165, 1.54) is 18.2 Å². The topological polar surface area (TPSA) is 117 Å². The molecule has 1 aliphatic carbocycles. The van der Waals surface area contributed by atoms with Crippen LogP contribution in [0.5, 0.6) is 5.75 Å². The van der Waals surface area contributed by atoms with Crippen LogP contribution in [0.3, 0.4) is 0 Å². The third kappa shape index (κ3) is 4.62. The fourth-order valence-corrected chi connectivity index (χ4v) is 2.74. The van der Waals surface area contributed by atoms with Crippen molar-refractivity contribution in [2.45, 2.75) is 25.4 Å². The van der Waals surface area contributed by atoms with E-state index in [2.05, 4.69) is 5.32 Å². The maximum atomic E-state index is 14.8. The standard InChI is InChI=1S/C21H23FN4O2/c22-17(10-13-8-9-26-20(11-13)28-14-4-3-5-14)16(21(24)25)12-18(23)15-6-1-2-7-19(15)27/h1-2,6-12,14,26-27H,3-5,23H2,(H3,24,25)/b13-10+,17-16+,18-12-. The normalized spacial score (nSPS) is 19.4. The van der Waals surface area contributed by atoms with Crippen molar-refractivity contribution in [1.82, 2.24) is 5.32 Å². The minimum atomic E-state index is -0.716. The van der Waals surface area contributed by atoms with Crippen molar-refractivity contribution in [1.29, 1.82) is 5.41 Å². The van der Waals surface area contributed by atoms with Crippen molar-refractivity contribution in [3.8, 4) is 5.75 Å². The third-order valence-electron chi connectivity index (χ3n) is 4.50. The second-order valence-electron chi connectivity index (χ2n) is 6.59. The molecule has 0 aromatic heterocycles. The van der Waals surface area contributed by atoms with E-state index < -0.39 is 11.7 Å². The summed E-state index contributed by atoms with van der Waals surface area (Å²) in [5.74, 6) is -0.674. The van der Waals surface area contributed by atoms with Gasteiger partial charge in [0.2, 0.25) is 0 Å². The number of dihydropyridines is 1. The van der Waals surface area contributed by atoms with Gasteiger partial charge in [0.05, 0.1) is 5.57 Å². The molecule has 1 heterocycles. The Kier molecular flexibility index (Phi) is 5.84. The van der Waals surface area contributed by atoms with E-state index in [9.17, 15) is 9.50 Å². The summed E-state index contributed by atoms with van der Waals surface area (Å²) in [6.07, 6.45) is 10.9. The first-order chi connectivity index (χ1) is 13.4. The van der Waals surface area contributed by atoms with Gasteiger partial charge in [0.25, 0.3) is 0 Å². The van der Waals surface area contributed by atoms with Crippen LogP contribution in [0.25, 0.3) is 5.70 Å². The number of ether oxygens (including phenoxy) is 1. The molecule has 2 aliphatic rings. The van der Waals surface area contributed by atoms with Gasteiger partial charge in [-0.25, -0.2) is 4.39 Å². The summed E-state index contributed by atoms with van der Waals surface area (Å²) in [7, 11) is 0. The van der Waals surface area contributed by atoms with E-state index in [0.29, 0.717) is 17.0 Å². The summed E-state index contributed by atoms with van der Waals surface area (Å²) < 4.78 is 20.6. The number of hydrogen-bond acceptors (Lipinski definition) is 5. The molecule has 1 fully saturated rings. The molecule has 3 rings (SSSR count).